The molecule has 8 heteroatoms. The Morgan fingerprint density at radius 2 is 2.00 bits per heavy atom. The molecular weight excluding hydrogens is 390 g/mol. The van der Waals surface area contributed by atoms with E-state index in [0.717, 1.165) is 67.3 Å². The van der Waals surface area contributed by atoms with E-state index < -0.39 is 0 Å². The first-order valence-corrected chi connectivity index (χ1v) is 10.8. The van der Waals surface area contributed by atoms with Gasteiger partial charge in [0, 0.05) is 43.1 Å². The number of hydrogen-bond donors (Lipinski definition) is 0. The Morgan fingerprint density at radius 1 is 1.14 bits per heavy atom. The van der Waals surface area contributed by atoms with Gasteiger partial charge in [-0.05, 0) is 44.9 Å². The summed E-state index contributed by atoms with van der Waals surface area (Å²) >= 11 is 6.22. The Bertz CT molecular complexity index is 986. The van der Waals surface area contributed by atoms with E-state index in [0.29, 0.717) is 11.2 Å². The molecule has 7 nitrogen and oxygen atoms in total. The highest BCUT2D eigenvalue weighted by Crippen LogP contribution is 2.36. The molecule has 154 valence electrons. The van der Waals surface area contributed by atoms with E-state index in [-0.39, 0.29) is 12.4 Å². The van der Waals surface area contributed by atoms with Gasteiger partial charge >= 0.3 is 0 Å². The van der Waals surface area contributed by atoms with Crippen molar-refractivity contribution >= 4 is 22.5 Å². The van der Waals surface area contributed by atoms with Gasteiger partial charge in [-0.25, -0.2) is 4.98 Å². The van der Waals surface area contributed by atoms with Gasteiger partial charge in [0.2, 0.25) is 0 Å². The van der Waals surface area contributed by atoms with Crippen molar-refractivity contribution < 1.29 is 9.47 Å². The molecule has 0 bridgehead atoms. The van der Waals surface area contributed by atoms with Gasteiger partial charge in [0.15, 0.2) is 6.29 Å². The molecule has 0 spiro atoms. The first kappa shape index (κ1) is 19.0. The number of halogens is 1. The summed E-state index contributed by atoms with van der Waals surface area (Å²) in [5, 5.41) is 10.8. The van der Waals surface area contributed by atoms with Crippen molar-refractivity contribution in [3.8, 4) is 11.3 Å². The lowest BCUT2D eigenvalue weighted by atomic mass is 9.93. The highest BCUT2D eigenvalue weighted by atomic mass is 35.5. The molecule has 1 saturated carbocycles. The van der Waals surface area contributed by atoms with Crippen LogP contribution in [0.25, 0.3) is 22.2 Å². The molecule has 0 radical (unpaired) electrons. The van der Waals surface area contributed by atoms with E-state index >= 15 is 0 Å². The molecule has 29 heavy (non-hydrogen) atoms. The molecule has 3 aromatic rings. The van der Waals surface area contributed by atoms with Crippen molar-refractivity contribution in [1.82, 2.24) is 24.5 Å². The Hall–Kier alpha value is -1.96. The van der Waals surface area contributed by atoms with Crippen molar-refractivity contribution in [3.63, 3.8) is 0 Å². The predicted octanol–water partition coefficient (Wildman–Crippen LogP) is 4.51. The van der Waals surface area contributed by atoms with Crippen molar-refractivity contribution in [2.24, 2.45) is 7.05 Å². The Labute approximate surface area is 175 Å². The zero-order chi connectivity index (χ0) is 19.8. The number of aromatic nitrogens is 5. The molecule has 4 heterocycles. The van der Waals surface area contributed by atoms with Crippen LogP contribution in [0.3, 0.4) is 0 Å². The highest BCUT2D eigenvalue weighted by Gasteiger charge is 2.28. The molecule has 0 aromatic carbocycles. The van der Waals surface area contributed by atoms with Crippen LogP contribution in [0.15, 0.2) is 24.7 Å². The van der Waals surface area contributed by atoms with Gasteiger partial charge in [0.05, 0.1) is 23.9 Å². The van der Waals surface area contributed by atoms with Crippen LogP contribution in [0.2, 0.25) is 5.15 Å². The molecule has 0 N–H and O–H groups in total. The van der Waals surface area contributed by atoms with Crippen LogP contribution in [0.1, 0.15) is 51.0 Å². The second kappa shape index (κ2) is 8.05. The molecule has 1 atom stereocenters. The lowest BCUT2D eigenvalue weighted by Gasteiger charge is -2.33. The number of hydrogen-bond acceptors (Lipinski definition) is 5. The third kappa shape index (κ3) is 3.91. The molecule has 2 fully saturated rings. The average molecular weight is 416 g/mol. The number of rotatable bonds is 4. The SMILES string of the molecule is Cn1cc(-c2nn([C@H]3CC[C@H](OC4CCCCO4)CC3)c3cc(Cl)ncc23)cn1. The summed E-state index contributed by atoms with van der Waals surface area (Å²) in [6, 6.07) is 2.25. The quantitative estimate of drug-likeness (QED) is 0.586. The van der Waals surface area contributed by atoms with E-state index in [2.05, 4.69) is 14.8 Å². The minimum absolute atomic E-state index is 0.0158. The summed E-state index contributed by atoms with van der Waals surface area (Å²) < 4.78 is 15.9. The molecule has 1 saturated heterocycles. The third-order valence-electron chi connectivity index (χ3n) is 6.01. The summed E-state index contributed by atoms with van der Waals surface area (Å²) in [5.74, 6) is 0. The van der Waals surface area contributed by atoms with Crippen molar-refractivity contribution in [1.29, 1.82) is 0 Å². The lowest BCUT2D eigenvalue weighted by molar-refractivity contribution is -0.194. The number of aryl methyl sites for hydroxylation is 1. The Morgan fingerprint density at radius 3 is 2.72 bits per heavy atom. The van der Waals surface area contributed by atoms with Gasteiger partial charge < -0.3 is 9.47 Å². The maximum atomic E-state index is 6.22. The fourth-order valence-electron chi connectivity index (χ4n) is 4.50. The largest absolute Gasteiger partial charge is 0.353 e. The van der Waals surface area contributed by atoms with Crippen LogP contribution < -0.4 is 0 Å². The fourth-order valence-corrected chi connectivity index (χ4v) is 4.65. The second-order valence-corrected chi connectivity index (χ2v) is 8.47. The molecule has 1 aliphatic heterocycles. The third-order valence-corrected chi connectivity index (χ3v) is 6.22. The van der Waals surface area contributed by atoms with Gasteiger partial charge in [-0.15, -0.1) is 0 Å². The molecule has 1 unspecified atom stereocenters. The molecule has 3 aromatic heterocycles. The van der Waals surface area contributed by atoms with Gasteiger partial charge in [0.25, 0.3) is 0 Å². The minimum atomic E-state index is -0.0158. The van der Waals surface area contributed by atoms with Crippen LogP contribution in [-0.2, 0) is 16.5 Å². The van der Waals surface area contributed by atoms with Crippen molar-refractivity contribution in [2.75, 3.05) is 6.61 Å². The van der Waals surface area contributed by atoms with E-state index in [1.807, 2.05) is 31.7 Å². The van der Waals surface area contributed by atoms with Gasteiger partial charge in [-0.1, -0.05) is 11.6 Å². The van der Waals surface area contributed by atoms with E-state index in [1.54, 1.807) is 4.68 Å². The Balaban J connectivity index is 1.37. The zero-order valence-electron chi connectivity index (χ0n) is 16.6. The van der Waals surface area contributed by atoms with Crippen LogP contribution in [-0.4, -0.2) is 43.5 Å². The molecule has 1 aliphatic carbocycles. The standard InChI is InChI=1S/C21H26ClN5O2/c1-26-13-14(11-24-26)21-17-12-23-19(22)10-18(17)27(25-21)15-5-7-16(8-6-15)29-20-4-2-3-9-28-20/h10-13,15-16,20H,2-9H2,1H3/t15-,16-,20?. The molecule has 2 aliphatic rings. The first-order chi connectivity index (χ1) is 14.2. The monoisotopic (exact) mass is 415 g/mol. The maximum absolute atomic E-state index is 6.22. The Kier molecular flexibility index (Phi) is 5.28. The van der Waals surface area contributed by atoms with Crippen LogP contribution >= 0.6 is 11.6 Å². The zero-order valence-corrected chi connectivity index (χ0v) is 17.4. The highest BCUT2D eigenvalue weighted by molar-refractivity contribution is 6.30. The van der Waals surface area contributed by atoms with Crippen LogP contribution in [0.4, 0.5) is 0 Å². The van der Waals surface area contributed by atoms with E-state index in [9.17, 15) is 0 Å². The van der Waals surface area contributed by atoms with E-state index in [1.165, 1.54) is 6.42 Å². The summed E-state index contributed by atoms with van der Waals surface area (Å²) in [4.78, 5) is 4.29. The molecule has 5 rings (SSSR count). The first-order valence-electron chi connectivity index (χ1n) is 10.5. The summed E-state index contributed by atoms with van der Waals surface area (Å²) in [5.41, 5.74) is 2.93. The van der Waals surface area contributed by atoms with E-state index in [4.69, 9.17) is 26.2 Å². The topological polar surface area (TPSA) is 67.0 Å². The van der Waals surface area contributed by atoms with Crippen molar-refractivity contribution in [3.05, 3.63) is 29.8 Å². The number of nitrogens with zero attached hydrogens (tertiary/aromatic N) is 5. The van der Waals surface area contributed by atoms with Crippen LogP contribution in [0, 0.1) is 0 Å². The van der Waals surface area contributed by atoms with Gasteiger partial charge in [-0.2, -0.15) is 10.2 Å². The molecular formula is C21H26ClN5O2. The smallest absolute Gasteiger partial charge is 0.157 e. The summed E-state index contributed by atoms with van der Waals surface area (Å²) in [6.45, 7) is 0.825. The summed E-state index contributed by atoms with van der Waals surface area (Å²) in [7, 11) is 1.91. The fraction of sp³-hybridized carbons (Fsp3) is 0.571. The maximum Gasteiger partial charge on any atom is 0.157 e. The number of fused-ring (bicyclic) bond motifs is 1. The van der Waals surface area contributed by atoms with Gasteiger partial charge in [-0.3, -0.25) is 9.36 Å². The molecule has 0 amide bonds. The minimum Gasteiger partial charge on any atom is -0.353 e. The van der Waals surface area contributed by atoms with Gasteiger partial charge in [0.1, 0.15) is 10.8 Å². The number of ether oxygens (including phenoxy) is 2. The van der Waals surface area contributed by atoms with Crippen molar-refractivity contribution in [2.45, 2.75) is 63.4 Å². The second-order valence-electron chi connectivity index (χ2n) is 8.08. The normalized spacial score (nSPS) is 25.5. The number of pyridine rings is 1. The lowest BCUT2D eigenvalue weighted by Crippen LogP contribution is -2.31. The average Bonchev–Trinajstić information content (AvgIpc) is 3.33. The predicted molar refractivity (Wildman–Crippen MR) is 111 cm³/mol. The van der Waals surface area contributed by atoms with Crippen LogP contribution in [0.5, 0.6) is 0 Å². The summed E-state index contributed by atoms with van der Waals surface area (Å²) in [6.07, 6.45) is 13.4.